The van der Waals surface area contributed by atoms with Crippen LogP contribution in [0.3, 0.4) is 0 Å². The molecular weight excluding hydrogens is 332 g/mol. The zero-order valence-corrected chi connectivity index (χ0v) is 14.9. The summed E-state index contributed by atoms with van der Waals surface area (Å²) in [7, 11) is 3.16. The number of rotatable bonds is 6. The smallest absolute Gasteiger partial charge is 0.227 e. The summed E-state index contributed by atoms with van der Waals surface area (Å²) in [6.45, 7) is 0.707. The molecule has 1 aliphatic heterocycles. The van der Waals surface area contributed by atoms with E-state index in [1.165, 1.54) is 0 Å². The van der Waals surface area contributed by atoms with Crippen LogP contribution in [0.5, 0.6) is 11.5 Å². The molecule has 6 nitrogen and oxygen atoms in total. The number of para-hydroxylation sites is 3. The van der Waals surface area contributed by atoms with Gasteiger partial charge in [-0.15, -0.1) is 0 Å². The predicted octanol–water partition coefficient (Wildman–Crippen LogP) is 2.37. The fourth-order valence-corrected chi connectivity index (χ4v) is 3.14. The van der Waals surface area contributed by atoms with Crippen LogP contribution >= 0.6 is 0 Å². The van der Waals surface area contributed by atoms with Gasteiger partial charge in [-0.2, -0.15) is 0 Å². The predicted molar refractivity (Wildman–Crippen MR) is 98.3 cm³/mol. The summed E-state index contributed by atoms with van der Waals surface area (Å²) < 4.78 is 10.6. The van der Waals surface area contributed by atoms with E-state index in [9.17, 15) is 9.59 Å². The third kappa shape index (κ3) is 3.64. The zero-order valence-electron chi connectivity index (χ0n) is 14.9. The molecule has 1 fully saturated rings. The summed E-state index contributed by atoms with van der Waals surface area (Å²) in [5, 5.41) is 2.91. The molecule has 6 heteroatoms. The highest BCUT2D eigenvalue weighted by atomic mass is 16.5. The minimum Gasteiger partial charge on any atom is -0.496 e. The number of nitrogens with one attached hydrogen (secondary N) is 1. The Bertz CT molecular complexity index is 806. The number of hydrogen-bond acceptors (Lipinski definition) is 4. The van der Waals surface area contributed by atoms with Crippen LogP contribution in [0.15, 0.2) is 48.5 Å². The number of anilines is 1. The van der Waals surface area contributed by atoms with Crippen LogP contribution in [-0.2, 0) is 16.1 Å². The maximum absolute atomic E-state index is 12.5. The van der Waals surface area contributed by atoms with Crippen molar-refractivity contribution in [2.75, 3.05) is 25.7 Å². The van der Waals surface area contributed by atoms with Gasteiger partial charge in [0.05, 0.1) is 25.8 Å². The van der Waals surface area contributed by atoms with Crippen LogP contribution < -0.4 is 19.7 Å². The van der Waals surface area contributed by atoms with Gasteiger partial charge in [0.25, 0.3) is 0 Å². The van der Waals surface area contributed by atoms with E-state index in [0.29, 0.717) is 24.5 Å². The normalized spacial score (nSPS) is 16.5. The average Bonchev–Trinajstić information content (AvgIpc) is 3.07. The molecule has 0 saturated carbocycles. The van der Waals surface area contributed by atoms with Crippen molar-refractivity contribution in [1.29, 1.82) is 0 Å². The molecule has 2 aromatic rings. The van der Waals surface area contributed by atoms with Crippen molar-refractivity contribution >= 4 is 17.5 Å². The summed E-state index contributed by atoms with van der Waals surface area (Å²) in [4.78, 5) is 26.6. The third-order valence-electron chi connectivity index (χ3n) is 4.52. The van der Waals surface area contributed by atoms with Gasteiger partial charge >= 0.3 is 0 Å². The molecule has 26 heavy (non-hydrogen) atoms. The van der Waals surface area contributed by atoms with Gasteiger partial charge in [0.2, 0.25) is 11.8 Å². The number of methoxy groups -OCH3 is 2. The Morgan fingerprint density at radius 1 is 1.08 bits per heavy atom. The molecular formula is C20H22N2O4. The second-order valence-electron chi connectivity index (χ2n) is 6.11. The van der Waals surface area contributed by atoms with Gasteiger partial charge in [-0.05, 0) is 18.2 Å². The highest BCUT2D eigenvalue weighted by Gasteiger charge is 2.36. The molecule has 136 valence electrons. The molecule has 1 heterocycles. The number of carbonyl (C=O) groups excluding carboxylic acids is 2. The van der Waals surface area contributed by atoms with Crippen molar-refractivity contribution < 1.29 is 19.1 Å². The number of carbonyl (C=O) groups is 2. The summed E-state index contributed by atoms with van der Waals surface area (Å²) in [6.07, 6.45) is 0.190. The van der Waals surface area contributed by atoms with Crippen molar-refractivity contribution in [1.82, 2.24) is 5.32 Å². The lowest BCUT2D eigenvalue weighted by Gasteiger charge is -2.19. The Kier molecular flexibility index (Phi) is 5.41. The number of nitrogens with zero attached hydrogens (tertiary/aromatic N) is 1. The Balaban J connectivity index is 1.65. The van der Waals surface area contributed by atoms with Gasteiger partial charge in [0, 0.05) is 25.1 Å². The van der Waals surface area contributed by atoms with Gasteiger partial charge in [-0.1, -0.05) is 30.3 Å². The fourth-order valence-electron chi connectivity index (χ4n) is 3.14. The summed E-state index contributed by atoms with van der Waals surface area (Å²) in [5.41, 5.74) is 1.59. The molecule has 2 amide bonds. The molecule has 3 rings (SSSR count). The van der Waals surface area contributed by atoms with Crippen molar-refractivity contribution in [3.8, 4) is 11.5 Å². The van der Waals surface area contributed by atoms with Gasteiger partial charge in [0.1, 0.15) is 11.5 Å². The Morgan fingerprint density at radius 3 is 2.46 bits per heavy atom. The molecule has 2 aromatic carbocycles. The van der Waals surface area contributed by atoms with Crippen molar-refractivity contribution in [2.45, 2.75) is 13.0 Å². The minimum absolute atomic E-state index is 0.0769. The fraction of sp³-hybridized carbons (Fsp3) is 0.300. The van der Waals surface area contributed by atoms with E-state index in [4.69, 9.17) is 9.47 Å². The lowest BCUT2D eigenvalue weighted by molar-refractivity contribution is -0.126. The van der Waals surface area contributed by atoms with Gasteiger partial charge in [-0.25, -0.2) is 0 Å². The van der Waals surface area contributed by atoms with E-state index < -0.39 is 0 Å². The van der Waals surface area contributed by atoms with Crippen LogP contribution in [0.1, 0.15) is 12.0 Å². The maximum atomic E-state index is 12.5. The topological polar surface area (TPSA) is 67.9 Å². The molecule has 1 saturated heterocycles. The Morgan fingerprint density at radius 2 is 1.73 bits per heavy atom. The number of amides is 2. The lowest BCUT2D eigenvalue weighted by atomic mass is 10.1. The number of hydrogen-bond donors (Lipinski definition) is 1. The highest BCUT2D eigenvalue weighted by Crippen LogP contribution is 2.32. The first-order chi connectivity index (χ1) is 12.6. The zero-order chi connectivity index (χ0) is 18.5. The molecule has 0 unspecified atom stereocenters. The number of benzene rings is 2. The summed E-state index contributed by atoms with van der Waals surface area (Å²) >= 11 is 0. The van der Waals surface area contributed by atoms with Crippen LogP contribution in [0.4, 0.5) is 5.69 Å². The second kappa shape index (κ2) is 7.91. The Labute approximate surface area is 152 Å². The van der Waals surface area contributed by atoms with E-state index in [1.54, 1.807) is 25.2 Å². The van der Waals surface area contributed by atoms with Crippen LogP contribution in [0.2, 0.25) is 0 Å². The lowest BCUT2D eigenvalue weighted by Crippen LogP contribution is -2.32. The van der Waals surface area contributed by atoms with Gasteiger partial charge in [0.15, 0.2) is 0 Å². The van der Waals surface area contributed by atoms with Crippen LogP contribution in [0.25, 0.3) is 0 Å². The SMILES string of the molecule is COc1ccccc1CNC(=O)[C@H]1CC(=O)N(c2ccccc2OC)C1. The molecule has 1 atom stereocenters. The standard InChI is InChI=1S/C20H22N2O4/c1-25-17-9-5-3-7-14(17)12-21-20(24)15-11-19(23)22(13-15)16-8-4-6-10-18(16)26-2/h3-10,15H,11-13H2,1-2H3,(H,21,24)/t15-/m0/s1. The monoisotopic (exact) mass is 354 g/mol. The molecule has 0 bridgehead atoms. The first-order valence-corrected chi connectivity index (χ1v) is 8.47. The van der Waals surface area contributed by atoms with Crippen molar-refractivity contribution in [3.05, 3.63) is 54.1 Å². The maximum Gasteiger partial charge on any atom is 0.227 e. The second-order valence-corrected chi connectivity index (χ2v) is 6.11. The molecule has 0 aromatic heterocycles. The largest absolute Gasteiger partial charge is 0.496 e. The molecule has 1 N–H and O–H groups in total. The van der Waals surface area contributed by atoms with Gasteiger partial charge in [-0.3, -0.25) is 9.59 Å². The molecule has 0 radical (unpaired) electrons. The van der Waals surface area contributed by atoms with Crippen molar-refractivity contribution in [3.63, 3.8) is 0 Å². The highest BCUT2D eigenvalue weighted by molar-refractivity contribution is 6.01. The van der Waals surface area contributed by atoms with E-state index in [1.807, 2.05) is 42.5 Å². The average molecular weight is 354 g/mol. The summed E-state index contributed by atoms with van der Waals surface area (Å²) in [6, 6.07) is 14.9. The summed E-state index contributed by atoms with van der Waals surface area (Å²) in [5.74, 6) is 0.748. The molecule has 1 aliphatic rings. The van der Waals surface area contributed by atoms with Gasteiger partial charge < -0.3 is 19.7 Å². The third-order valence-corrected chi connectivity index (χ3v) is 4.52. The minimum atomic E-state index is -0.387. The van der Waals surface area contributed by atoms with Crippen LogP contribution in [-0.4, -0.2) is 32.6 Å². The van der Waals surface area contributed by atoms with Crippen LogP contribution in [0, 0.1) is 5.92 Å². The van der Waals surface area contributed by atoms with E-state index >= 15 is 0 Å². The van der Waals surface area contributed by atoms with E-state index in [2.05, 4.69) is 5.32 Å². The quantitative estimate of drug-likeness (QED) is 0.865. The number of ether oxygens (including phenoxy) is 2. The van der Waals surface area contributed by atoms with Crippen molar-refractivity contribution in [2.24, 2.45) is 5.92 Å². The van der Waals surface area contributed by atoms with E-state index in [0.717, 1.165) is 11.3 Å². The first kappa shape index (κ1) is 17.8. The molecule has 0 spiro atoms. The van der Waals surface area contributed by atoms with E-state index in [-0.39, 0.29) is 24.2 Å². The first-order valence-electron chi connectivity index (χ1n) is 8.47. The molecule has 0 aliphatic carbocycles. The Hall–Kier alpha value is -3.02.